The van der Waals surface area contributed by atoms with Gasteiger partial charge in [-0.1, -0.05) is 25.1 Å². The number of nitrogens with one attached hydrogen (secondary N) is 3. The van der Waals surface area contributed by atoms with Gasteiger partial charge in [0, 0.05) is 28.7 Å². The Kier molecular flexibility index (Phi) is 5.45. The number of carboxylic acid groups (broad SMARTS) is 1. The van der Waals surface area contributed by atoms with E-state index in [1.54, 1.807) is 24.4 Å². The lowest BCUT2D eigenvalue weighted by atomic mass is 10.0. The smallest absolute Gasteiger partial charge is 0.335 e. The van der Waals surface area contributed by atoms with Crippen molar-refractivity contribution in [1.29, 1.82) is 0 Å². The number of aromatic carboxylic acids is 1. The molecule has 4 N–H and O–H groups in total. The van der Waals surface area contributed by atoms with Crippen molar-refractivity contribution in [3.05, 3.63) is 53.9 Å². The van der Waals surface area contributed by atoms with Crippen LogP contribution in [-0.2, 0) is 0 Å². The topological polar surface area (TPSA) is 112 Å². The van der Waals surface area contributed by atoms with Crippen molar-refractivity contribution in [2.24, 2.45) is 5.92 Å². The van der Waals surface area contributed by atoms with Gasteiger partial charge in [-0.3, -0.25) is 0 Å². The molecule has 1 fully saturated rings. The first-order valence-corrected chi connectivity index (χ1v) is 11.0. The monoisotopic (exact) mass is 430 g/mol. The zero-order chi connectivity index (χ0) is 22.1. The van der Waals surface area contributed by atoms with E-state index >= 15 is 0 Å². The van der Waals surface area contributed by atoms with E-state index in [2.05, 4.69) is 40.0 Å². The van der Waals surface area contributed by atoms with Crippen molar-refractivity contribution in [2.45, 2.75) is 32.2 Å². The molecule has 1 aromatic carbocycles. The lowest BCUT2D eigenvalue weighted by Crippen LogP contribution is -2.35. The predicted octanol–water partition coefficient (Wildman–Crippen LogP) is 3.93. The van der Waals surface area contributed by atoms with E-state index in [1.165, 1.54) is 0 Å². The number of anilines is 2. The van der Waals surface area contributed by atoms with Gasteiger partial charge in [-0.15, -0.1) is 0 Å². The summed E-state index contributed by atoms with van der Waals surface area (Å²) in [6.45, 7) is 4.13. The number of aromatic nitrogens is 3. The molecule has 2 aliphatic rings. The molecule has 1 aliphatic carbocycles. The molecule has 0 spiro atoms. The van der Waals surface area contributed by atoms with Crippen molar-refractivity contribution < 1.29 is 9.90 Å². The van der Waals surface area contributed by atoms with Gasteiger partial charge in [-0.2, -0.15) is 0 Å². The molecule has 2 aromatic heterocycles. The number of carbonyl (C=O) groups is 1. The van der Waals surface area contributed by atoms with Gasteiger partial charge in [-0.05, 0) is 56.5 Å². The molecule has 0 saturated carbocycles. The summed E-state index contributed by atoms with van der Waals surface area (Å²) in [6, 6.07) is 5.30. The maximum atomic E-state index is 11.5. The van der Waals surface area contributed by atoms with E-state index in [0.717, 1.165) is 48.8 Å². The summed E-state index contributed by atoms with van der Waals surface area (Å²) in [5.74, 6) is 0.625. The highest BCUT2D eigenvalue weighted by atomic mass is 16.4. The lowest BCUT2D eigenvalue weighted by molar-refractivity contribution is 0.0697. The van der Waals surface area contributed by atoms with Crippen LogP contribution in [0.5, 0.6) is 0 Å². The van der Waals surface area contributed by atoms with Crippen LogP contribution in [0.3, 0.4) is 0 Å². The highest BCUT2D eigenvalue weighted by molar-refractivity contribution is 6.09. The molecule has 1 aliphatic heterocycles. The third-order valence-electron chi connectivity index (χ3n) is 5.98. The molecule has 0 amide bonds. The minimum Gasteiger partial charge on any atom is -0.478 e. The van der Waals surface area contributed by atoms with E-state index in [0.29, 0.717) is 34.8 Å². The lowest BCUT2D eigenvalue weighted by Gasteiger charge is -2.23. The number of hydrogen-bond acceptors (Lipinski definition) is 7. The van der Waals surface area contributed by atoms with Crippen LogP contribution in [0.25, 0.3) is 21.8 Å². The fourth-order valence-electron chi connectivity index (χ4n) is 4.28. The van der Waals surface area contributed by atoms with E-state index in [9.17, 15) is 9.90 Å². The van der Waals surface area contributed by atoms with Crippen molar-refractivity contribution in [3.63, 3.8) is 0 Å². The molecule has 164 valence electrons. The Balaban J connectivity index is 1.61. The quantitative estimate of drug-likeness (QED) is 0.451. The first kappa shape index (κ1) is 20.4. The zero-order valence-corrected chi connectivity index (χ0v) is 17.9. The van der Waals surface area contributed by atoms with Crippen molar-refractivity contribution in [3.8, 4) is 0 Å². The number of nitrogens with zero attached hydrogens (tertiary/aromatic N) is 3. The Bertz CT molecular complexity index is 1250. The maximum Gasteiger partial charge on any atom is 0.335 e. The van der Waals surface area contributed by atoms with E-state index in [4.69, 9.17) is 9.97 Å². The fraction of sp³-hybridized carbons (Fsp3) is 0.333. The Labute approximate surface area is 185 Å². The Morgan fingerprint density at radius 2 is 2.03 bits per heavy atom. The summed E-state index contributed by atoms with van der Waals surface area (Å²) in [6.07, 6.45) is 11.2. The third-order valence-corrected chi connectivity index (χ3v) is 5.98. The Morgan fingerprint density at radius 1 is 1.19 bits per heavy atom. The first-order valence-electron chi connectivity index (χ1n) is 11.0. The molecule has 0 radical (unpaired) electrons. The number of fused-ring (bicyclic) bond motifs is 3. The molecular weight excluding hydrogens is 404 g/mol. The number of piperidine rings is 1. The average Bonchev–Trinajstić information content (AvgIpc) is 2.79. The summed E-state index contributed by atoms with van der Waals surface area (Å²) in [4.78, 5) is 25.6. The molecule has 1 atom stereocenters. The highest BCUT2D eigenvalue weighted by Crippen LogP contribution is 2.31. The van der Waals surface area contributed by atoms with E-state index in [-0.39, 0.29) is 5.56 Å². The van der Waals surface area contributed by atoms with Crippen LogP contribution in [-0.4, -0.2) is 45.2 Å². The molecule has 0 bridgehead atoms. The standard InChI is InChI=1S/C24H26N6O2/c1-14-3-2-4-17(11-14)27-22-21-19(18-6-5-15(23(31)32)12-20(18)29-22)13-26-24(30-21)28-16-7-9-25-10-8-16/h2,4-6,11-14,16,25H,3,7-10H2,1H3,(H,27,29)(H,31,32)(H,26,28,30). The van der Waals surface area contributed by atoms with E-state index < -0.39 is 5.97 Å². The molecule has 8 heteroatoms. The maximum absolute atomic E-state index is 11.5. The van der Waals surface area contributed by atoms with Crippen LogP contribution >= 0.6 is 0 Å². The molecule has 1 unspecified atom stereocenters. The molecule has 3 aromatic rings. The second-order valence-corrected chi connectivity index (χ2v) is 8.48. The van der Waals surface area contributed by atoms with Gasteiger partial charge in [0.05, 0.1) is 11.1 Å². The van der Waals surface area contributed by atoms with Crippen molar-refractivity contribution in [2.75, 3.05) is 23.7 Å². The van der Waals surface area contributed by atoms with Gasteiger partial charge in [-0.25, -0.2) is 19.7 Å². The summed E-state index contributed by atoms with van der Waals surface area (Å²) < 4.78 is 0. The van der Waals surface area contributed by atoms with Gasteiger partial charge >= 0.3 is 5.97 Å². The Morgan fingerprint density at radius 3 is 2.81 bits per heavy atom. The van der Waals surface area contributed by atoms with Crippen LogP contribution < -0.4 is 16.0 Å². The first-order chi connectivity index (χ1) is 15.6. The van der Waals surface area contributed by atoms with Gasteiger partial charge in [0.25, 0.3) is 0 Å². The molecule has 1 saturated heterocycles. The molecule has 5 rings (SSSR count). The van der Waals surface area contributed by atoms with Crippen molar-refractivity contribution in [1.82, 2.24) is 20.3 Å². The SMILES string of the molecule is CC1C=C(Nc2nc3cc(C(=O)O)ccc3c3cnc(NC4CCNCC4)nc23)C=CC1. The normalized spacial score (nSPS) is 19.2. The largest absolute Gasteiger partial charge is 0.478 e. The third kappa shape index (κ3) is 4.13. The van der Waals surface area contributed by atoms with Crippen LogP contribution in [0, 0.1) is 5.92 Å². The zero-order valence-electron chi connectivity index (χ0n) is 17.9. The summed E-state index contributed by atoms with van der Waals surface area (Å²) >= 11 is 0. The van der Waals surface area contributed by atoms with E-state index in [1.807, 2.05) is 6.08 Å². The predicted molar refractivity (Wildman–Crippen MR) is 126 cm³/mol. The second-order valence-electron chi connectivity index (χ2n) is 8.48. The number of rotatable bonds is 5. The van der Waals surface area contributed by atoms with Gasteiger partial charge in [0.15, 0.2) is 5.82 Å². The Hall–Kier alpha value is -3.52. The van der Waals surface area contributed by atoms with Gasteiger partial charge in [0.1, 0.15) is 5.52 Å². The van der Waals surface area contributed by atoms with Crippen LogP contribution in [0.4, 0.5) is 11.8 Å². The molecule has 8 nitrogen and oxygen atoms in total. The average molecular weight is 431 g/mol. The fourth-order valence-corrected chi connectivity index (χ4v) is 4.28. The summed E-state index contributed by atoms with van der Waals surface area (Å²) in [7, 11) is 0. The minimum atomic E-state index is -0.979. The number of pyridine rings is 1. The molecular formula is C24H26N6O2. The number of benzene rings is 1. The molecule has 32 heavy (non-hydrogen) atoms. The van der Waals surface area contributed by atoms with Crippen LogP contribution in [0.1, 0.15) is 36.5 Å². The molecule has 3 heterocycles. The summed E-state index contributed by atoms with van der Waals surface area (Å²) in [5, 5.41) is 21.3. The van der Waals surface area contributed by atoms with Gasteiger partial charge in [0.2, 0.25) is 5.95 Å². The second kappa shape index (κ2) is 8.55. The van der Waals surface area contributed by atoms with Crippen LogP contribution in [0.15, 0.2) is 48.3 Å². The van der Waals surface area contributed by atoms with Gasteiger partial charge < -0.3 is 21.1 Å². The number of allylic oxidation sites excluding steroid dienone is 3. The summed E-state index contributed by atoms with van der Waals surface area (Å²) in [5.41, 5.74) is 2.46. The number of hydrogen-bond donors (Lipinski definition) is 4. The van der Waals surface area contributed by atoms with Crippen LogP contribution in [0.2, 0.25) is 0 Å². The number of carboxylic acids is 1. The highest BCUT2D eigenvalue weighted by Gasteiger charge is 2.17. The van der Waals surface area contributed by atoms with Crippen molar-refractivity contribution >= 4 is 39.5 Å². The minimum absolute atomic E-state index is 0.200.